The van der Waals surface area contributed by atoms with E-state index >= 15 is 0 Å². The lowest BCUT2D eigenvalue weighted by atomic mass is 9.79. The minimum atomic E-state index is -0.464. The lowest BCUT2D eigenvalue weighted by Gasteiger charge is -2.24. The molecule has 0 spiro atoms. The third kappa shape index (κ3) is 3.30. The Hall–Kier alpha value is -4.72. The van der Waals surface area contributed by atoms with Crippen molar-refractivity contribution in [3.05, 3.63) is 94.0 Å². The molecule has 38 heavy (non-hydrogen) atoms. The molecule has 8 heteroatoms. The number of phenolic OH excluding ortho intramolecular Hbond substituents is 6. The molecule has 0 aromatic heterocycles. The number of ether oxygens (including phenoxy) is 2. The van der Waals surface area contributed by atoms with Gasteiger partial charge in [-0.3, -0.25) is 0 Å². The van der Waals surface area contributed by atoms with Gasteiger partial charge in [-0.15, -0.1) is 0 Å². The van der Waals surface area contributed by atoms with Gasteiger partial charge in [0.25, 0.3) is 0 Å². The van der Waals surface area contributed by atoms with Gasteiger partial charge in [0, 0.05) is 46.9 Å². The first-order valence-electron chi connectivity index (χ1n) is 12.1. The van der Waals surface area contributed by atoms with E-state index in [0.29, 0.717) is 22.3 Å². The van der Waals surface area contributed by atoms with Gasteiger partial charge in [0.05, 0.1) is 14.2 Å². The maximum Gasteiger partial charge on any atom is 0.160 e. The fraction of sp³-hybridized carbons (Fsp3) is 0.200. The van der Waals surface area contributed by atoms with Gasteiger partial charge in [-0.05, 0) is 58.7 Å². The van der Waals surface area contributed by atoms with Crippen molar-refractivity contribution in [1.82, 2.24) is 0 Å². The molecule has 4 aromatic carbocycles. The molecule has 0 heterocycles. The van der Waals surface area contributed by atoms with Gasteiger partial charge in [0.2, 0.25) is 0 Å². The van der Waals surface area contributed by atoms with Gasteiger partial charge in [-0.25, -0.2) is 0 Å². The number of hydrogen-bond acceptors (Lipinski definition) is 8. The predicted molar refractivity (Wildman–Crippen MR) is 138 cm³/mol. The second-order valence-electron chi connectivity index (χ2n) is 9.81. The minimum absolute atomic E-state index is 0.0304. The molecular weight excluding hydrogens is 488 g/mol. The Kier molecular flexibility index (Phi) is 5.24. The molecule has 6 N–H and O–H groups in total. The van der Waals surface area contributed by atoms with Crippen LogP contribution in [-0.4, -0.2) is 44.9 Å². The zero-order chi connectivity index (χ0) is 26.9. The first-order valence-corrected chi connectivity index (χ1v) is 12.1. The van der Waals surface area contributed by atoms with Crippen molar-refractivity contribution in [3.63, 3.8) is 0 Å². The van der Waals surface area contributed by atoms with E-state index in [4.69, 9.17) is 9.47 Å². The van der Waals surface area contributed by atoms with Crippen molar-refractivity contribution in [1.29, 1.82) is 0 Å². The number of fused-ring (bicyclic) bond motifs is 5. The Labute approximate surface area is 218 Å². The Bertz CT molecular complexity index is 1480. The first kappa shape index (κ1) is 23.7. The molecular formula is C30H26O8. The van der Waals surface area contributed by atoms with Crippen molar-refractivity contribution in [2.75, 3.05) is 14.2 Å². The van der Waals surface area contributed by atoms with Crippen LogP contribution >= 0.6 is 0 Å². The molecule has 0 aliphatic heterocycles. The number of methoxy groups -OCH3 is 2. The Morgan fingerprint density at radius 1 is 0.500 bits per heavy atom. The second kappa shape index (κ2) is 8.41. The van der Waals surface area contributed by atoms with Gasteiger partial charge in [-0.2, -0.15) is 0 Å². The van der Waals surface area contributed by atoms with Crippen LogP contribution in [0.3, 0.4) is 0 Å². The van der Waals surface area contributed by atoms with Crippen LogP contribution in [0.15, 0.2) is 60.7 Å². The zero-order valence-electron chi connectivity index (χ0n) is 20.6. The molecule has 0 unspecified atom stereocenters. The van der Waals surface area contributed by atoms with E-state index in [-0.39, 0.29) is 57.8 Å². The van der Waals surface area contributed by atoms with Crippen molar-refractivity contribution < 1.29 is 40.1 Å². The highest BCUT2D eigenvalue weighted by Crippen LogP contribution is 2.69. The summed E-state index contributed by atoms with van der Waals surface area (Å²) in [6.45, 7) is 0. The van der Waals surface area contributed by atoms with Crippen molar-refractivity contribution in [2.45, 2.75) is 23.7 Å². The van der Waals surface area contributed by atoms with Crippen LogP contribution in [-0.2, 0) is 0 Å². The average Bonchev–Trinajstić information content (AvgIpc) is 3.38. The van der Waals surface area contributed by atoms with Crippen LogP contribution in [0.4, 0.5) is 0 Å². The van der Waals surface area contributed by atoms with Gasteiger partial charge >= 0.3 is 0 Å². The van der Waals surface area contributed by atoms with Gasteiger partial charge in [-0.1, -0.05) is 12.1 Å². The first-order chi connectivity index (χ1) is 18.2. The third-order valence-corrected chi connectivity index (χ3v) is 7.92. The van der Waals surface area contributed by atoms with Crippen LogP contribution in [0.2, 0.25) is 0 Å². The summed E-state index contributed by atoms with van der Waals surface area (Å²) in [4.78, 5) is 0. The highest BCUT2D eigenvalue weighted by molar-refractivity contribution is 5.69. The number of benzene rings is 4. The van der Waals surface area contributed by atoms with E-state index < -0.39 is 11.8 Å². The molecule has 2 aliphatic carbocycles. The molecule has 2 aliphatic rings. The molecule has 0 radical (unpaired) electrons. The topological polar surface area (TPSA) is 140 Å². The average molecular weight is 515 g/mol. The summed E-state index contributed by atoms with van der Waals surface area (Å²) in [5.74, 6) is -1.57. The van der Waals surface area contributed by atoms with Crippen LogP contribution in [0.5, 0.6) is 46.0 Å². The summed E-state index contributed by atoms with van der Waals surface area (Å²) in [6.07, 6.45) is 0. The summed E-state index contributed by atoms with van der Waals surface area (Å²) < 4.78 is 10.7. The smallest absolute Gasteiger partial charge is 0.160 e. The quantitative estimate of drug-likeness (QED) is 0.221. The molecule has 0 bridgehead atoms. The summed E-state index contributed by atoms with van der Waals surface area (Å²) >= 11 is 0. The normalized spacial score (nSPS) is 21.0. The number of aromatic hydroxyl groups is 6. The fourth-order valence-corrected chi connectivity index (χ4v) is 6.56. The van der Waals surface area contributed by atoms with Crippen molar-refractivity contribution in [3.8, 4) is 46.0 Å². The van der Waals surface area contributed by atoms with Gasteiger partial charge < -0.3 is 40.1 Å². The van der Waals surface area contributed by atoms with E-state index in [9.17, 15) is 30.6 Å². The Balaban J connectivity index is 1.67. The lowest BCUT2D eigenvalue weighted by molar-refractivity contribution is 0.372. The Morgan fingerprint density at radius 3 is 1.26 bits per heavy atom. The highest BCUT2D eigenvalue weighted by Gasteiger charge is 2.54. The molecule has 0 amide bonds. The fourth-order valence-electron chi connectivity index (χ4n) is 6.56. The van der Waals surface area contributed by atoms with Crippen LogP contribution in [0.1, 0.15) is 57.1 Å². The molecule has 0 fully saturated rings. The van der Waals surface area contributed by atoms with Crippen LogP contribution in [0, 0.1) is 0 Å². The molecule has 0 saturated carbocycles. The van der Waals surface area contributed by atoms with Gasteiger partial charge in [0.1, 0.15) is 23.0 Å². The third-order valence-electron chi connectivity index (χ3n) is 7.92. The van der Waals surface area contributed by atoms with Crippen LogP contribution in [0.25, 0.3) is 0 Å². The van der Waals surface area contributed by atoms with Crippen molar-refractivity contribution in [2.24, 2.45) is 0 Å². The molecule has 4 aromatic rings. The number of rotatable bonds is 4. The molecule has 194 valence electrons. The SMILES string of the molecule is COc1cc([C@H]2c3c(O)cc(O)cc3[C@@H]3[C@@H](c4ccc(O)c(OC)c4)c4c(O)cc(O)cc4[C@H]23)ccc1O. The molecule has 8 nitrogen and oxygen atoms in total. The maximum atomic E-state index is 11.1. The lowest BCUT2D eigenvalue weighted by Crippen LogP contribution is -2.10. The monoisotopic (exact) mass is 514 g/mol. The van der Waals surface area contributed by atoms with Crippen LogP contribution < -0.4 is 9.47 Å². The van der Waals surface area contributed by atoms with E-state index in [2.05, 4.69) is 0 Å². The Morgan fingerprint density at radius 2 is 0.895 bits per heavy atom. The predicted octanol–water partition coefficient (Wildman–Crippen LogP) is 5.10. The highest BCUT2D eigenvalue weighted by atomic mass is 16.5. The van der Waals surface area contributed by atoms with Gasteiger partial charge in [0.15, 0.2) is 23.0 Å². The molecule has 4 atom stereocenters. The summed E-state index contributed by atoms with van der Waals surface area (Å²) in [5, 5.41) is 63.7. The maximum absolute atomic E-state index is 11.1. The van der Waals surface area contributed by atoms with E-state index in [1.807, 2.05) is 0 Å². The van der Waals surface area contributed by atoms with E-state index in [1.165, 1.54) is 38.5 Å². The second-order valence-corrected chi connectivity index (χ2v) is 9.81. The minimum Gasteiger partial charge on any atom is -0.508 e. The summed E-state index contributed by atoms with van der Waals surface area (Å²) in [6, 6.07) is 15.8. The van der Waals surface area contributed by atoms with Crippen molar-refractivity contribution >= 4 is 0 Å². The molecule has 6 rings (SSSR count). The number of hydrogen-bond donors (Lipinski definition) is 6. The summed E-state index contributed by atoms with van der Waals surface area (Å²) in [5.41, 5.74) is 4.08. The largest absolute Gasteiger partial charge is 0.508 e. The standard InChI is InChI=1S/C30H26O8/c1-37-23-7-13(3-5-19(23)33)25-27-17(9-15(31)11-21(27)35)30-26(14-4-6-20(34)24(8-14)38-2)28-18(29(25)30)10-16(32)12-22(28)36/h3-12,25-26,29-36H,1-2H3/t25-,26-,29+,30+/m0/s1. The summed E-state index contributed by atoms with van der Waals surface area (Å²) in [7, 11) is 2.91. The zero-order valence-corrected chi connectivity index (χ0v) is 20.6. The van der Waals surface area contributed by atoms with E-state index in [0.717, 1.165) is 11.1 Å². The number of phenols is 6. The molecule has 0 saturated heterocycles. The van der Waals surface area contributed by atoms with E-state index in [1.54, 1.807) is 36.4 Å².